The van der Waals surface area contributed by atoms with Crippen LogP contribution >= 0.6 is 0 Å². The number of rotatable bonds is 1. The molecule has 0 amide bonds. The number of nitrogens with zero attached hydrogens (tertiary/aromatic N) is 2. The van der Waals surface area contributed by atoms with E-state index in [9.17, 15) is 0 Å². The lowest BCUT2D eigenvalue weighted by Gasteiger charge is -2.25. The van der Waals surface area contributed by atoms with Crippen LogP contribution in [0.3, 0.4) is 0 Å². The zero-order valence-electron chi connectivity index (χ0n) is 8.19. The second kappa shape index (κ2) is 3.24. The third-order valence-corrected chi connectivity index (χ3v) is 3.42. The van der Waals surface area contributed by atoms with Gasteiger partial charge >= 0.3 is 0 Å². The van der Waals surface area contributed by atoms with Gasteiger partial charge in [-0.3, -0.25) is 4.98 Å². The maximum atomic E-state index is 4.18. The van der Waals surface area contributed by atoms with Crippen LogP contribution in [-0.4, -0.2) is 30.7 Å². The van der Waals surface area contributed by atoms with Crippen molar-refractivity contribution in [3.8, 4) is 0 Å². The topological polar surface area (TPSA) is 28.2 Å². The molecule has 2 saturated heterocycles. The van der Waals surface area contributed by atoms with Gasteiger partial charge in [0.25, 0.3) is 0 Å². The summed E-state index contributed by atoms with van der Waals surface area (Å²) in [4.78, 5) is 6.68. The minimum absolute atomic E-state index is 0.708. The monoisotopic (exact) mass is 189 g/mol. The molecule has 0 spiro atoms. The highest BCUT2D eigenvalue weighted by Gasteiger charge is 2.37. The average Bonchev–Trinajstić information content (AvgIpc) is 2.79. The second-order valence-corrected chi connectivity index (χ2v) is 4.18. The highest BCUT2D eigenvalue weighted by Crippen LogP contribution is 2.31. The van der Waals surface area contributed by atoms with E-state index in [4.69, 9.17) is 0 Å². The molecular weight excluding hydrogens is 174 g/mol. The lowest BCUT2D eigenvalue weighted by Crippen LogP contribution is -2.34. The van der Waals surface area contributed by atoms with Crippen molar-refractivity contribution in [2.75, 3.05) is 24.5 Å². The fourth-order valence-electron chi connectivity index (χ4n) is 2.69. The van der Waals surface area contributed by atoms with Crippen molar-refractivity contribution in [2.45, 2.75) is 12.5 Å². The minimum Gasteiger partial charge on any atom is -0.366 e. The number of fused-ring (bicyclic) bond motifs is 1. The average molecular weight is 189 g/mol. The zero-order chi connectivity index (χ0) is 9.38. The molecule has 14 heavy (non-hydrogen) atoms. The predicted octanol–water partition coefficient (Wildman–Crippen LogP) is 0.880. The minimum atomic E-state index is 0.708. The number of anilines is 1. The lowest BCUT2D eigenvalue weighted by atomic mass is 10.1. The molecule has 3 heteroatoms. The van der Waals surface area contributed by atoms with Crippen molar-refractivity contribution in [3.05, 3.63) is 24.5 Å². The first kappa shape index (κ1) is 8.24. The SMILES string of the molecule is c1cncc(N2CC[C@H]3CNC[C@H]32)c1. The molecular formula is C11H15N3. The van der Waals surface area contributed by atoms with Crippen molar-refractivity contribution < 1.29 is 0 Å². The van der Waals surface area contributed by atoms with Gasteiger partial charge in [0.15, 0.2) is 0 Å². The molecule has 3 nitrogen and oxygen atoms in total. The molecule has 0 radical (unpaired) electrons. The predicted molar refractivity (Wildman–Crippen MR) is 56.3 cm³/mol. The van der Waals surface area contributed by atoms with Crippen LogP contribution in [0.1, 0.15) is 6.42 Å². The molecule has 74 valence electrons. The third-order valence-electron chi connectivity index (χ3n) is 3.42. The third kappa shape index (κ3) is 1.20. The number of hydrogen-bond donors (Lipinski definition) is 1. The summed E-state index contributed by atoms with van der Waals surface area (Å²) in [7, 11) is 0. The molecule has 1 N–H and O–H groups in total. The van der Waals surface area contributed by atoms with Crippen LogP contribution in [0.4, 0.5) is 5.69 Å². The van der Waals surface area contributed by atoms with Crippen LogP contribution in [0.25, 0.3) is 0 Å². The van der Waals surface area contributed by atoms with Crippen LogP contribution in [0.5, 0.6) is 0 Å². The van der Waals surface area contributed by atoms with Crippen LogP contribution in [0.2, 0.25) is 0 Å². The van der Waals surface area contributed by atoms with E-state index in [2.05, 4.69) is 21.3 Å². The number of aromatic nitrogens is 1. The van der Waals surface area contributed by atoms with Crippen LogP contribution in [-0.2, 0) is 0 Å². The van der Waals surface area contributed by atoms with Crippen molar-refractivity contribution in [3.63, 3.8) is 0 Å². The Labute approximate surface area is 84.1 Å². The Morgan fingerprint density at radius 3 is 3.29 bits per heavy atom. The van der Waals surface area contributed by atoms with Crippen molar-refractivity contribution in [2.24, 2.45) is 5.92 Å². The maximum Gasteiger partial charge on any atom is 0.0555 e. The van der Waals surface area contributed by atoms with E-state index in [0.29, 0.717) is 6.04 Å². The summed E-state index contributed by atoms with van der Waals surface area (Å²) in [5, 5.41) is 3.46. The van der Waals surface area contributed by atoms with Crippen molar-refractivity contribution in [1.82, 2.24) is 10.3 Å². The van der Waals surface area contributed by atoms with E-state index in [0.717, 1.165) is 12.5 Å². The van der Waals surface area contributed by atoms with E-state index in [-0.39, 0.29) is 0 Å². The Balaban J connectivity index is 1.86. The molecule has 2 fully saturated rings. The standard InChI is InChI=1S/C11H15N3/c1-2-10(7-12-4-1)14-5-3-9-6-13-8-11(9)14/h1-2,4,7,9,11,13H,3,5-6,8H2/t9-,11+/m0/s1. The molecule has 0 aliphatic carbocycles. The van der Waals surface area contributed by atoms with Crippen molar-refractivity contribution in [1.29, 1.82) is 0 Å². The van der Waals surface area contributed by atoms with Crippen LogP contribution < -0.4 is 10.2 Å². The highest BCUT2D eigenvalue weighted by molar-refractivity contribution is 5.46. The van der Waals surface area contributed by atoms with Crippen molar-refractivity contribution >= 4 is 5.69 Å². The molecule has 1 aromatic rings. The second-order valence-electron chi connectivity index (χ2n) is 4.18. The summed E-state index contributed by atoms with van der Waals surface area (Å²) in [6, 6.07) is 4.89. The summed E-state index contributed by atoms with van der Waals surface area (Å²) < 4.78 is 0. The van der Waals surface area contributed by atoms with Crippen LogP contribution in [0, 0.1) is 5.92 Å². The normalized spacial score (nSPS) is 30.7. The summed E-state index contributed by atoms with van der Waals surface area (Å²) in [5.74, 6) is 0.857. The van der Waals surface area contributed by atoms with E-state index in [1.807, 2.05) is 18.5 Å². The molecule has 0 bridgehead atoms. The summed E-state index contributed by atoms with van der Waals surface area (Å²) >= 11 is 0. The van der Waals surface area contributed by atoms with E-state index in [1.165, 1.54) is 25.2 Å². The smallest absolute Gasteiger partial charge is 0.0555 e. The molecule has 3 rings (SSSR count). The van der Waals surface area contributed by atoms with Gasteiger partial charge in [-0.2, -0.15) is 0 Å². The Kier molecular flexibility index (Phi) is 1.91. The van der Waals surface area contributed by atoms with Crippen LogP contribution in [0.15, 0.2) is 24.5 Å². The quantitative estimate of drug-likeness (QED) is 0.711. The highest BCUT2D eigenvalue weighted by atomic mass is 15.2. The fourth-order valence-corrected chi connectivity index (χ4v) is 2.69. The van der Waals surface area contributed by atoms with E-state index >= 15 is 0 Å². The molecule has 1 aromatic heterocycles. The fraction of sp³-hybridized carbons (Fsp3) is 0.545. The molecule has 2 aliphatic rings. The molecule has 0 unspecified atom stereocenters. The lowest BCUT2D eigenvalue weighted by molar-refractivity contribution is 0.578. The Morgan fingerprint density at radius 1 is 1.43 bits per heavy atom. The maximum absolute atomic E-state index is 4.18. The Bertz CT molecular complexity index is 312. The van der Waals surface area contributed by atoms with Gasteiger partial charge in [-0.25, -0.2) is 0 Å². The molecule has 0 saturated carbocycles. The van der Waals surface area contributed by atoms with E-state index < -0.39 is 0 Å². The summed E-state index contributed by atoms with van der Waals surface area (Å²) in [6.45, 7) is 3.53. The molecule has 2 atom stereocenters. The van der Waals surface area contributed by atoms with Gasteiger partial charge in [0.1, 0.15) is 0 Å². The first-order valence-electron chi connectivity index (χ1n) is 5.32. The largest absolute Gasteiger partial charge is 0.366 e. The van der Waals surface area contributed by atoms with Gasteiger partial charge in [0, 0.05) is 31.9 Å². The zero-order valence-corrected chi connectivity index (χ0v) is 8.19. The first-order valence-corrected chi connectivity index (χ1v) is 5.32. The van der Waals surface area contributed by atoms with Gasteiger partial charge < -0.3 is 10.2 Å². The summed E-state index contributed by atoms with van der Waals surface area (Å²) in [5.41, 5.74) is 1.28. The number of pyridine rings is 1. The van der Waals surface area contributed by atoms with Gasteiger partial charge in [-0.05, 0) is 24.5 Å². The Hall–Kier alpha value is -1.09. The van der Waals surface area contributed by atoms with Gasteiger partial charge in [0.05, 0.1) is 11.9 Å². The number of nitrogens with one attached hydrogen (secondary N) is 1. The summed E-state index contributed by atoms with van der Waals surface area (Å²) in [6.07, 6.45) is 5.14. The molecule has 3 heterocycles. The van der Waals surface area contributed by atoms with Gasteiger partial charge in [-0.1, -0.05) is 0 Å². The first-order chi connectivity index (χ1) is 6.95. The van der Waals surface area contributed by atoms with E-state index in [1.54, 1.807) is 0 Å². The molecule has 0 aromatic carbocycles. The number of hydrogen-bond acceptors (Lipinski definition) is 3. The van der Waals surface area contributed by atoms with Gasteiger partial charge in [-0.15, -0.1) is 0 Å². The van der Waals surface area contributed by atoms with Gasteiger partial charge in [0.2, 0.25) is 0 Å². The molecule has 2 aliphatic heterocycles. The Morgan fingerprint density at radius 2 is 2.43 bits per heavy atom.